The molecule has 1 fully saturated rings. The monoisotopic (exact) mass is 252 g/mol. The van der Waals surface area contributed by atoms with Gasteiger partial charge in [0, 0.05) is 26.3 Å². The number of rotatable bonds is 3. The molecule has 5 nitrogen and oxygen atoms in total. The summed E-state index contributed by atoms with van der Waals surface area (Å²) in [5.74, 6) is 0.756. The van der Waals surface area contributed by atoms with Crippen LogP contribution in [0.3, 0.4) is 0 Å². The lowest BCUT2D eigenvalue weighted by molar-refractivity contribution is 0.0853. The summed E-state index contributed by atoms with van der Waals surface area (Å²) in [5.41, 5.74) is 6.48. The van der Waals surface area contributed by atoms with E-state index in [1.165, 1.54) is 0 Å². The van der Waals surface area contributed by atoms with Crippen LogP contribution in [-0.2, 0) is 4.74 Å². The van der Waals surface area contributed by atoms with Crippen molar-refractivity contribution in [1.29, 1.82) is 0 Å². The van der Waals surface area contributed by atoms with E-state index in [2.05, 4.69) is 15.1 Å². The summed E-state index contributed by atoms with van der Waals surface area (Å²) in [5, 5.41) is 8.05. The van der Waals surface area contributed by atoms with Crippen molar-refractivity contribution in [2.45, 2.75) is 18.9 Å². The highest BCUT2D eigenvalue weighted by atomic mass is 32.1. The van der Waals surface area contributed by atoms with Gasteiger partial charge in [0.05, 0.1) is 11.8 Å². The predicted molar refractivity (Wildman–Crippen MR) is 70.2 cm³/mol. The highest BCUT2D eigenvalue weighted by Crippen LogP contribution is 2.21. The van der Waals surface area contributed by atoms with Crippen LogP contribution in [0, 0.1) is 0 Å². The van der Waals surface area contributed by atoms with Gasteiger partial charge in [0.2, 0.25) is 0 Å². The molecule has 0 unspecified atom stereocenters. The fourth-order valence-electron chi connectivity index (χ4n) is 2.02. The van der Waals surface area contributed by atoms with Crippen LogP contribution >= 0.6 is 12.2 Å². The van der Waals surface area contributed by atoms with Crippen molar-refractivity contribution in [2.75, 3.05) is 25.2 Å². The van der Waals surface area contributed by atoms with E-state index in [1.54, 1.807) is 12.3 Å². The third-order valence-corrected chi connectivity index (χ3v) is 3.26. The van der Waals surface area contributed by atoms with Gasteiger partial charge in [-0.25, -0.2) is 0 Å². The van der Waals surface area contributed by atoms with Gasteiger partial charge in [-0.2, -0.15) is 5.10 Å². The first-order valence-electron chi connectivity index (χ1n) is 5.62. The van der Waals surface area contributed by atoms with Gasteiger partial charge in [-0.1, -0.05) is 12.2 Å². The van der Waals surface area contributed by atoms with Crippen LogP contribution in [0.15, 0.2) is 12.3 Å². The Morgan fingerprint density at radius 2 is 2.24 bits per heavy atom. The largest absolute Gasteiger partial charge is 0.389 e. The Labute approximate surface area is 106 Å². The summed E-state index contributed by atoms with van der Waals surface area (Å²) >= 11 is 5.03. The molecule has 0 bridgehead atoms. The third kappa shape index (κ3) is 2.70. The molecular formula is C11H16N4OS. The van der Waals surface area contributed by atoms with Crippen molar-refractivity contribution in [3.05, 3.63) is 17.8 Å². The van der Waals surface area contributed by atoms with Crippen molar-refractivity contribution in [3.8, 4) is 0 Å². The highest BCUT2D eigenvalue weighted by molar-refractivity contribution is 7.80. The highest BCUT2D eigenvalue weighted by Gasteiger charge is 2.22. The molecule has 2 heterocycles. The Balaban J connectivity index is 2.23. The second kappa shape index (κ2) is 5.37. The molecule has 92 valence electrons. The molecule has 1 saturated heterocycles. The van der Waals surface area contributed by atoms with Crippen molar-refractivity contribution < 1.29 is 4.74 Å². The van der Waals surface area contributed by atoms with Crippen LogP contribution in [0.4, 0.5) is 5.82 Å². The molecule has 2 rings (SSSR count). The van der Waals surface area contributed by atoms with Crippen LogP contribution in [0.25, 0.3) is 0 Å². The standard InChI is InChI=1S/C11H16N4OS/c1-15(8-3-6-16-7-4-8)11-9(10(12)17)2-5-13-14-11/h2,5,8H,3-4,6-7H2,1H3,(H2,12,17). The molecule has 2 N–H and O–H groups in total. The molecule has 0 saturated carbocycles. The SMILES string of the molecule is CN(c1nnccc1C(N)=S)C1CCOCC1. The zero-order chi connectivity index (χ0) is 12.3. The van der Waals surface area contributed by atoms with Crippen LogP contribution in [0.1, 0.15) is 18.4 Å². The van der Waals surface area contributed by atoms with Gasteiger partial charge in [-0.3, -0.25) is 0 Å². The number of hydrogen-bond donors (Lipinski definition) is 1. The molecule has 1 aliphatic rings. The first kappa shape index (κ1) is 12.2. The zero-order valence-electron chi connectivity index (χ0n) is 9.80. The van der Waals surface area contributed by atoms with Gasteiger partial charge >= 0.3 is 0 Å². The molecule has 0 aliphatic carbocycles. The summed E-state index contributed by atoms with van der Waals surface area (Å²) in [6.45, 7) is 1.58. The van der Waals surface area contributed by atoms with Crippen molar-refractivity contribution in [2.24, 2.45) is 5.73 Å². The number of nitrogens with zero attached hydrogens (tertiary/aromatic N) is 3. The fraction of sp³-hybridized carbons (Fsp3) is 0.545. The Hall–Kier alpha value is -1.27. The number of anilines is 1. The Bertz CT molecular complexity index is 406. The van der Waals surface area contributed by atoms with E-state index in [0.29, 0.717) is 11.0 Å². The topological polar surface area (TPSA) is 64.3 Å². The Morgan fingerprint density at radius 3 is 2.88 bits per heavy atom. The molecule has 0 aromatic carbocycles. The van der Waals surface area contributed by atoms with Crippen molar-refractivity contribution in [3.63, 3.8) is 0 Å². The van der Waals surface area contributed by atoms with Gasteiger partial charge in [0.25, 0.3) is 0 Å². The average molecular weight is 252 g/mol. The number of thiocarbonyl (C=S) groups is 1. The fourth-order valence-corrected chi connectivity index (χ4v) is 2.18. The van der Waals surface area contributed by atoms with E-state index in [0.717, 1.165) is 37.4 Å². The summed E-state index contributed by atoms with van der Waals surface area (Å²) in [6.07, 6.45) is 3.59. The molecule has 1 aromatic heterocycles. The lowest BCUT2D eigenvalue weighted by atomic mass is 10.1. The molecule has 1 aliphatic heterocycles. The second-order valence-corrected chi connectivity index (χ2v) is 4.53. The van der Waals surface area contributed by atoms with E-state index < -0.39 is 0 Å². The molecule has 0 spiro atoms. The van der Waals surface area contributed by atoms with Gasteiger partial charge < -0.3 is 15.4 Å². The summed E-state index contributed by atoms with van der Waals surface area (Å²) in [6, 6.07) is 2.22. The maximum Gasteiger partial charge on any atom is 0.161 e. The van der Waals surface area contributed by atoms with E-state index in [4.69, 9.17) is 22.7 Å². The average Bonchev–Trinajstić information content (AvgIpc) is 2.39. The van der Waals surface area contributed by atoms with Crippen LogP contribution in [-0.4, -0.2) is 41.5 Å². The minimum absolute atomic E-state index is 0.355. The Kier molecular flexibility index (Phi) is 3.86. The molecule has 6 heteroatoms. The third-order valence-electron chi connectivity index (χ3n) is 3.04. The molecule has 17 heavy (non-hydrogen) atoms. The first-order chi connectivity index (χ1) is 8.20. The number of ether oxygens (including phenoxy) is 1. The summed E-state index contributed by atoms with van der Waals surface area (Å²) in [4.78, 5) is 2.46. The zero-order valence-corrected chi connectivity index (χ0v) is 10.6. The molecule has 0 atom stereocenters. The van der Waals surface area contributed by atoms with Crippen molar-refractivity contribution >= 4 is 23.0 Å². The first-order valence-corrected chi connectivity index (χ1v) is 6.03. The predicted octanol–water partition coefficient (Wildman–Crippen LogP) is 0.726. The van der Waals surface area contributed by atoms with Crippen molar-refractivity contribution in [1.82, 2.24) is 10.2 Å². The number of aromatic nitrogens is 2. The quantitative estimate of drug-likeness (QED) is 0.800. The normalized spacial score (nSPS) is 16.8. The maximum absolute atomic E-state index is 5.69. The van der Waals surface area contributed by atoms with Gasteiger partial charge in [-0.05, 0) is 18.9 Å². The summed E-state index contributed by atoms with van der Waals surface area (Å²) in [7, 11) is 2.00. The maximum atomic E-state index is 5.69. The van der Waals surface area contributed by atoms with Gasteiger partial charge in [-0.15, -0.1) is 5.10 Å². The van der Waals surface area contributed by atoms with Crippen LogP contribution in [0.5, 0.6) is 0 Å². The number of nitrogens with two attached hydrogens (primary N) is 1. The van der Waals surface area contributed by atoms with E-state index >= 15 is 0 Å². The second-order valence-electron chi connectivity index (χ2n) is 4.09. The minimum Gasteiger partial charge on any atom is -0.389 e. The van der Waals surface area contributed by atoms with Crippen LogP contribution in [0.2, 0.25) is 0 Å². The van der Waals surface area contributed by atoms with E-state index in [1.807, 2.05) is 7.05 Å². The summed E-state index contributed by atoms with van der Waals surface area (Å²) < 4.78 is 5.35. The minimum atomic E-state index is 0.355. The lowest BCUT2D eigenvalue weighted by Gasteiger charge is -2.32. The number of hydrogen-bond acceptors (Lipinski definition) is 5. The lowest BCUT2D eigenvalue weighted by Crippen LogP contribution is -2.38. The molecule has 1 aromatic rings. The molecular weight excluding hydrogens is 236 g/mol. The van der Waals surface area contributed by atoms with E-state index in [9.17, 15) is 0 Å². The van der Waals surface area contributed by atoms with E-state index in [-0.39, 0.29) is 0 Å². The van der Waals surface area contributed by atoms with Gasteiger partial charge in [0.15, 0.2) is 5.82 Å². The molecule has 0 amide bonds. The molecule has 0 radical (unpaired) electrons. The van der Waals surface area contributed by atoms with Crippen LogP contribution < -0.4 is 10.6 Å². The Morgan fingerprint density at radius 1 is 1.53 bits per heavy atom. The van der Waals surface area contributed by atoms with Gasteiger partial charge in [0.1, 0.15) is 4.99 Å². The smallest absolute Gasteiger partial charge is 0.161 e.